The summed E-state index contributed by atoms with van der Waals surface area (Å²) in [5, 5.41) is 3.00. The summed E-state index contributed by atoms with van der Waals surface area (Å²) < 4.78 is 40.0. The van der Waals surface area contributed by atoms with E-state index in [0.29, 0.717) is 35.4 Å². The lowest BCUT2D eigenvalue weighted by atomic mass is 9.97. The third-order valence-corrected chi connectivity index (χ3v) is 5.94. The Balaban J connectivity index is 2.02. The van der Waals surface area contributed by atoms with Crippen molar-refractivity contribution in [2.24, 2.45) is 5.92 Å². The number of nitrogens with one attached hydrogen (secondary N) is 1. The molecule has 3 nitrogen and oxygen atoms in total. The third-order valence-electron chi connectivity index (χ3n) is 4.91. The van der Waals surface area contributed by atoms with E-state index >= 15 is 0 Å². The van der Waals surface area contributed by atoms with Crippen LogP contribution in [0, 0.1) is 5.92 Å². The molecule has 0 atom stereocenters. The second-order valence-corrected chi connectivity index (χ2v) is 8.33. The highest BCUT2D eigenvalue weighted by molar-refractivity contribution is 6.42. The molecular formula is C20H18Cl3F3N2O. The Morgan fingerprint density at radius 1 is 1.03 bits per heavy atom. The summed E-state index contributed by atoms with van der Waals surface area (Å²) >= 11 is 18.1. The first kappa shape index (κ1) is 22.1. The van der Waals surface area contributed by atoms with Gasteiger partial charge in [0.05, 0.1) is 31.9 Å². The van der Waals surface area contributed by atoms with Crippen LogP contribution >= 0.6 is 34.8 Å². The maximum absolute atomic E-state index is 13.3. The van der Waals surface area contributed by atoms with Gasteiger partial charge in [-0.05, 0) is 49.1 Å². The third kappa shape index (κ3) is 5.11. The molecule has 1 saturated heterocycles. The van der Waals surface area contributed by atoms with E-state index in [-0.39, 0.29) is 15.6 Å². The van der Waals surface area contributed by atoms with Crippen LogP contribution in [0.25, 0.3) is 0 Å². The molecular weight excluding hydrogens is 448 g/mol. The van der Waals surface area contributed by atoms with Gasteiger partial charge < -0.3 is 10.2 Å². The molecule has 1 fully saturated rings. The molecule has 1 aliphatic rings. The quantitative estimate of drug-likeness (QED) is 0.522. The molecule has 9 heteroatoms. The molecule has 29 heavy (non-hydrogen) atoms. The van der Waals surface area contributed by atoms with E-state index in [0.717, 1.165) is 25.0 Å². The molecule has 0 saturated carbocycles. The summed E-state index contributed by atoms with van der Waals surface area (Å²) in [6.45, 7) is 3.34. The number of halogens is 6. The summed E-state index contributed by atoms with van der Waals surface area (Å²) in [7, 11) is 0. The van der Waals surface area contributed by atoms with Crippen molar-refractivity contribution in [2.75, 3.05) is 23.3 Å². The van der Waals surface area contributed by atoms with Crippen molar-refractivity contribution in [1.82, 2.24) is 0 Å². The van der Waals surface area contributed by atoms with Gasteiger partial charge in [0.15, 0.2) is 0 Å². The van der Waals surface area contributed by atoms with Crippen LogP contribution in [-0.2, 0) is 6.18 Å². The van der Waals surface area contributed by atoms with E-state index < -0.39 is 17.6 Å². The molecule has 0 aliphatic carbocycles. The molecule has 1 amide bonds. The predicted octanol–water partition coefficient (Wildman–Crippen LogP) is 7.15. The van der Waals surface area contributed by atoms with Gasteiger partial charge in [-0.25, -0.2) is 0 Å². The molecule has 2 aromatic carbocycles. The van der Waals surface area contributed by atoms with Gasteiger partial charge in [0.2, 0.25) is 0 Å². The van der Waals surface area contributed by atoms with E-state index in [4.69, 9.17) is 34.8 Å². The number of rotatable bonds is 3. The zero-order valence-electron chi connectivity index (χ0n) is 15.4. The van der Waals surface area contributed by atoms with Crippen molar-refractivity contribution in [1.29, 1.82) is 0 Å². The average molecular weight is 466 g/mol. The maximum atomic E-state index is 13.3. The second kappa shape index (κ2) is 8.62. The van der Waals surface area contributed by atoms with Gasteiger partial charge in [-0.15, -0.1) is 0 Å². The summed E-state index contributed by atoms with van der Waals surface area (Å²) in [5.41, 5.74) is -0.485. The number of hydrogen-bond acceptors (Lipinski definition) is 2. The van der Waals surface area contributed by atoms with Gasteiger partial charge in [-0.2, -0.15) is 13.2 Å². The Kier molecular flexibility index (Phi) is 6.56. The Labute approximate surface area is 181 Å². The van der Waals surface area contributed by atoms with Crippen LogP contribution in [0.1, 0.15) is 35.7 Å². The topological polar surface area (TPSA) is 32.3 Å². The van der Waals surface area contributed by atoms with Crippen LogP contribution in [0.4, 0.5) is 24.5 Å². The number of anilines is 2. The van der Waals surface area contributed by atoms with Crippen molar-refractivity contribution in [2.45, 2.75) is 25.9 Å². The monoisotopic (exact) mass is 464 g/mol. The first-order valence-corrected chi connectivity index (χ1v) is 10.1. The molecule has 0 spiro atoms. The molecule has 0 bridgehead atoms. The summed E-state index contributed by atoms with van der Waals surface area (Å²) in [4.78, 5) is 14.8. The Bertz CT molecular complexity index is 926. The molecule has 1 aliphatic heterocycles. The first-order chi connectivity index (χ1) is 13.6. The standard InChI is InChI=1S/C20H18Cl3F3N2O/c1-11-4-6-28(7-5-11)18-14(8-12(9-17(18)23)20(24,25)26)19(29)27-13-2-3-15(21)16(22)10-13/h2-3,8-11H,4-7H2,1H3,(H,27,29). The zero-order valence-corrected chi connectivity index (χ0v) is 17.7. The normalized spacial score (nSPS) is 15.5. The van der Waals surface area contributed by atoms with E-state index in [9.17, 15) is 18.0 Å². The van der Waals surface area contributed by atoms with Gasteiger partial charge in [0, 0.05) is 18.8 Å². The summed E-state index contributed by atoms with van der Waals surface area (Å²) in [6, 6.07) is 6.14. The summed E-state index contributed by atoms with van der Waals surface area (Å²) in [5.74, 6) is -0.196. The second-order valence-electron chi connectivity index (χ2n) is 7.10. The number of carbonyl (C=O) groups is 1. The molecule has 3 rings (SSSR count). The van der Waals surface area contributed by atoms with Crippen LogP contribution in [0.5, 0.6) is 0 Å². The van der Waals surface area contributed by atoms with E-state index in [1.165, 1.54) is 18.2 Å². The molecule has 1 N–H and O–H groups in total. The molecule has 156 valence electrons. The van der Waals surface area contributed by atoms with Gasteiger partial charge in [0.25, 0.3) is 5.91 Å². The fourth-order valence-electron chi connectivity index (χ4n) is 3.26. The lowest BCUT2D eigenvalue weighted by Crippen LogP contribution is -2.34. The van der Waals surface area contributed by atoms with Gasteiger partial charge in [-0.3, -0.25) is 4.79 Å². The highest BCUT2D eigenvalue weighted by atomic mass is 35.5. The van der Waals surface area contributed by atoms with Gasteiger partial charge in [0.1, 0.15) is 0 Å². The fourth-order valence-corrected chi connectivity index (χ4v) is 3.90. The number of benzene rings is 2. The zero-order chi connectivity index (χ0) is 21.3. The Morgan fingerprint density at radius 2 is 1.69 bits per heavy atom. The fraction of sp³-hybridized carbons (Fsp3) is 0.350. The molecule has 0 radical (unpaired) electrons. The van der Waals surface area contributed by atoms with Crippen LogP contribution in [-0.4, -0.2) is 19.0 Å². The van der Waals surface area contributed by atoms with Crippen molar-refractivity contribution in [3.05, 3.63) is 56.5 Å². The van der Waals surface area contributed by atoms with Crippen molar-refractivity contribution < 1.29 is 18.0 Å². The molecule has 1 heterocycles. The SMILES string of the molecule is CC1CCN(c2c(Cl)cc(C(F)(F)F)cc2C(=O)Nc2ccc(Cl)c(Cl)c2)CC1. The van der Waals surface area contributed by atoms with Gasteiger partial charge >= 0.3 is 6.18 Å². The number of alkyl halides is 3. The Hall–Kier alpha value is -1.63. The van der Waals surface area contributed by atoms with Crippen molar-refractivity contribution >= 4 is 52.1 Å². The number of hydrogen-bond donors (Lipinski definition) is 1. The van der Waals surface area contributed by atoms with Crippen LogP contribution in [0.2, 0.25) is 15.1 Å². The van der Waals surface area contributed by atoms with E-state index in [2.05, 4.69) is 12.2 Å². The molecule has 0 unspecified atom stereocenters. The Morgan fingerprint density at radius 3 is 2.28 bits per heavy atom. The van der Waals surface area contributed by atoms with Gasteiger partial charge in [-0.1, -0.05) is 41.7 Å². The number of nitrogens with zero attached hydrogens (tertiary/aromatic N) is 1. The minimum absolute atomic E-state index is 0.103. The van der Waals surface area contributed by atoms with E-state index in [1.54, 1.807) is 0 Å². The highest BCUT2D eigenvalue weighted by Gasteiger charge is 2.34. The van der Waals surface area contributed by atoms with Crippen molar-refractivity contribution in [3.63, 3.8) is 0 Å². The molecule has 0 aromatic heterocycles. The minimum atomic E-state index is -4.63. The van der Waals surface area contributed by atoms with Crippen LogP contribution in [0.15, 0.2) is 30.3 Å². The highest BCUT2D eigenvalue weighted by Crippen LogP contribution is 2.39. The minimum Gasteiger partial charge on any atom is -0.370 e. The number of piperidine rings is 1. The van der Waals surface area contributed by atoms with Crippen LogP contribution < -0.4 is 10.2 Å². The summed E-state index contributed by atoms with van der Waals surface area (Å²) in [6.07, 6.45) is -2.90. The van der Waals surface area contributed by atoms with Crippen molar-refractivity contribution in [3.8, 4) is 0 Å². The smallest absolute Gasteiger partial charge is 0.370 e. The van der Waals surface area contributed by atoms with E-state index in [1.807, 2.05) is 4.90 Å². The predicted molar refractivity (Wildman–Crippen MR) is 111 cm³/mol. The lowest BCUT2D eigenvalue weighted by Gasteiger charge is -2.34. The number of carbonyl (C=O) groups excluding carboxylic acids is 1. The first-order valence-electron chi connectivity index (χ1n) is 8.98. The maximum Gasteiger partial charge on any atom is 0.416 e. The number of amides is 1. The lowest BCUT2D eigenvalue weighted by molar-refractivity contribution is -0.137. The average Bonchev–Trinajstić information content (AvgIpc) is 2.64. The largest absolute Gasteiger partial charge is 0.416 e. The van der Waals surface area contributed by atoms with Crippen LogP contribution in [0.3, 0.4) is 0 Å². The molecule has 2 aromatic rings.